The van der Waals surface area contributed by atoms with Crippen molar-refractivity contribution in [2.45, 2.75) is 39.8 Å². The molecule has 0 N–H and O–H groups in total. The molecule has 3 aromatic rings. The third-order valence-corrected chi connectivity index (χ3v) is 4.67. The Bertz CT molecular complexity index is 882. The van der Waals surface area contributed by atoms with E-state index in [2.05, 4.69) is 71.1 Å². The standard InChI is InChI=1S/C20H21N3O/c1-14-6-3-4-7-17(14)16-9-10-18(15(2)12-16)24-13-20-22-21-19-8-5-11-23(19)20/h3-4,6-7,9-10,12H,5,8,11,13H2,1-2H3. The summed E-state index contributed by atoms with van der Waals surface area (Å²) in [6, 6.07) is 14.8. The van der Waals surface area contributed by atoms with E-state index in [-0.39, 0.29) is 0 Å². The number of fused-ring (bicyclic) bond motifs is 1. The SMILES string of the molecule is Cc1cc(-c2ccccc2C)ccc1OCc1nnc2n1CCC2. The van der Waals surface area contributed by atoms with Crippen molar-refractivity contribution >= 4 is 0 Å². The van der Waals surface area contributed by atoms with Crippen molar-refractivity contribution in [1.29, 1.82) is 0 Å². The maximum absolute atomic E-state index is 6.00. The Morgan fingerprint density at radius 2 is 1.92 bits per heavy atom. The van der Waals surface area contributed by atoms with Crippen LogP contribution < -0.4 is 4.74 Å². The van der Waals surface area contributed by atoms with Gasteiger partial charge in [-0.25, -0.2) is 0 Å². The second-order valence-corrected chi connectivity index (χ2v) is 6.37. The number of ether oxygens (including phenoxy) is 1. The van der Waals surface area contributed by atoms with E-state index >= 15 is 0 Å². The predicted octanol–water partition coefficient (Wildman–Crippen LogP) is 4.09. The Hall–Kier alpha value is -2.62. The largest absolute Gasteiger partial charge is 0.485 e. The maximum atomic E-state index is 6.00. The molecule has 0 fully saturated rings. The van der Waals surface area contributed by atoms with E-state index in [1.54, 1.807) is 0 Å². The van der Waals surface area contributed by atoms with Crippen molar-refractivity contribution in [3.8, 4) is 16.9 Å². The lowest BCUT2D eigenvalue weighted by Gasteiger charge is -2.12. The van der Waals surface area contributed by atoms with Crippen molar-refractivity contribution in [3.05, 3.63) is 65.2 Å². The molecule has 2 heterocycles. The van der Waals surface area contributed by atoms with Crippen LogP contribution >= 0.6 is 0 Å². The van der Waals surface area contributed by atoms with Crippen LogP contribution in [-0.4, -0.2) is 14.8 Å². The van der Waals surface area contributed by atoms with Gasteiger partial charge in [0.2, 0.25) is 0 Å². The Morgan fingerprint density at radius 3 is 2.75 bits per heavy atom. The van der Waals surface area contributed by atoms with Crippen LogP contribution in [0.2, 0.25) is 0 Å². The molecule has 0 bridgehead atoms. The highest BCUT2D eigenvalue weighted by molar-refractivity contribution is 5.68. The van der Waals surface area contributed by atoms with Crippen LogP contribution in [0.5, 0.6) is 5.75 Å². The topological polar surface area (TPSA) is 39.9 Å². The average molecular weight is 319 g/mol. The first kappa shape index (κ1) is 14.9. The van der Waals surface area contributed by atoms with Crippen LogP contribution in [0.25, 0.3) is 11.1 Å². The van der Waals surface area contributed by atoms with E-state index in [1.807, 2.05) is 0 Å². The molecule has 0 unspecified atom stereocenters. The van der Waals surface area contributed by atoms with Crippen LogP contribution in [0, 0.1) is 13.8 Å². The van der Waals surface area contributed by atoms with E-state index in [4.69, 9.17) is 4.74 Å². The number of benzene rings is 2. The molecular weight excluding hydrogens is 298 g/mol. The van der Waals surface area contributed by atoms with Crippen LogP contribution in [0.3, 0.4) is 0 Å². The van der Waals surface area contributed by atoms with Crippen molar-refractivity contribution in [2.24, 2.45) is 0 Å². The Kier molecular flexibility index (Phi) is 3.81. The Balaban J connectivity index is 1.53. The highest BCUT2D eigenvalue weighted by Crippen LogP contribution is 2.28. The summed E-state index contributed by atoms with van der Waals surface area (Å²) in [7, 11) is 0. The molecule has 1 aliphatic heterocycles. The van der Waals surface area contributed by atoms with Gasteiger partial charge in [0, 0.05) is 13.0 Å². The van der Waals surface area contributed by atoms with Gasteiger partial charge in [-0.05, 0) is 54.7 Å². The smallest absolute Gasteiger partial charge is 0.171 e. The molecule has 0 atom stereocenters. The van der Waals surface area contributed by atoms with E-state index in [0.29, 0.717) is 6.61 Å². The summed E-state index contributed by atoms with van der Waals surface area (Å²) in [6.45, 7) is 5.70. The molecule has 1 aromatic heterocycles. The molecule has 1 aliphatic rings. The monoisotopic (exact) mass is 319 g/mol. The molecule has 24 heavy (non-hydrogen) atoms. The molecule has 122 valence electrons. The van der Waals surface area contributed by atoms with Gasteiger partial charge >= 0.3 is 0 Å². The van der Waals surface area contributed by atoms with Crippen LogP contribution in [0.15, 0.2) is 42.5 Å². The summed E-state index contributed by atoms with van der Waals surface area (Å²) in [4.78, 5) is 0. The summed E-state index contributed by atoms with van der Waals surface area (Å²) in [5.74, 6) is 2.91. The zero-order chi connectivity index (χ0) is 16.5. The normalized spacial score (nSPS) is 13.1. The molecule has 4 heteroatoms. The first-order valence-corrected chi connectivity index (χ1v) is 8.43. The molecule has 2 aromatic carbocycles. The van der Waals surface area contributed by atoms with Gasteiger partial charge in [0.1, 0.15) is 18.2 Å². The summed E-state index contributed by atoms with van der Waals surface area (Å²) >= 11 is 0. The Labute approximate surface area is 142 Å². The van der Waals surface area contributed by atoms with Crippen molar-refractivity contribution in [2.75, 3.05) is 0 Å². The molecule has 0 amide bonds. The third kappa shape index (κ3) is 2.68. The predicted molar refractivity (Wildman–Crippen MR) is 94.0 cm³/mol. The minimum atomic E-state index is 0.470. The fourth-order valence-corrected chi connectivity index (χ4v) is 3.34. The summed E-state index contributed by atoms with van der Waals surface area (Å²) in [6.07, 6.45) is 2.18. The number of hydrogen-bond donors (Lipinski definition) is 0. The van der Waals surface area contributed by atoms with Crippen LogP contribution in [0.4, 0.5) is 0 Å². The lowest BCUT2D eigenvalue weighted by atomic mass is 9.99. The minimum Gasteiger partial charge on any atom is -0.485 e. The maximum Gasteiger partial charge on any atom is 0.171 e. The number of aryl methyl sites for hydroxylation is 3. The first-order chi connectivity index (χ1) is 11.7. The van der Waals surface area contributed by atoms with Gasteiger partial charge < -0.3 is 9.30 Å². The van der Waals surface area contributed by atoms with Gasteiger partial charge in [-0.1, -0.05) is 30.3 Å². The van der Waals surface area contributed by atoms with Crippen molar-refractivity contribution in [3.63, 3.8) is 0 Å². The van der Waals surface area contributed by atoms with Gasteiger partial charge in [0.25, 0.3) is 0 Å². The fraction of sp³-hybridized carbons (Fsp3) is 0.300. The van der Waals surface area contributed by atoms with Crippen molar-refractivity contribution in [1.82, 2.24) is 14.8 Å². The number of rotatable bonds is 4. The zero-order valence-corrected chi connectivity index (χ0v) is 14.1. The number of hydrogen-bond acceptors (Lipinski definition) is 3. The number of aromatic nitrogens is 3. The Morgan fingerprint density at radius 1 is 1.04 bits per heavy atom. The van der Waals surface area contributed by atoms with Gasteiger partial charge in [0.15, 0.2) is 5.82 Å². The van der Waals surface area contributed by atoms with Crippen LogP contribution in [-0.2, 0) is 19.6 Å². The van der Waals surface area contributed by atoms with E-state index < -0.39 is 0 Å². The van der Waals surface area contributed by atoms with Gasteiger partial charge in [-0.3, -0.25) is 0 Å². The summed E-state index contributed by atoms with van der Waals surface area (Å²) in [5.41, 5.74) is 4.91. The second-order valence-electron chi connectivity index (χ2n) is 6.37. The molecule has 0 spiro atoms. The summed E-state index contributed by atoms with van der Waals surface area (Å²) in [5, 5.41) is 8.48. The average Bonchev–Trinajstić information content (AvgIpc) is 3.18. The molecule has 0 aliphatic carbocycles. The van der Waals surface area contributed by atoms with Crippen molar-refractivity contribution < 1.29 is 4.74 Å². The molecule has 0 saturated carbocycles. The molecule has 4 nitrogen and oxygen atoms in total. The lowest BCUT2D eigenvalue weighted by Crippen LogP contribution is -2.06. The van der Waals surface area contributed by atoms with Crippen LogP contribution in [0.1, 0.15) is 29.2 Å². The van der Waals surface area contributed by atoms with Gasteiger partial charge in [0.05, 0.1) is 0 Å². The molecule has 0 saturated heterocycles. The minimum absolute atomic E-state index is 0.470. The zero-order valence-electron chi connectivity index (χ0n) is 14.1. The highest BCUT2D eigenvalue weighted by atomic mass is 16.5. The molecule has 4 rings (SSSR count). The number of nitrogens with zero attached hydrogens (tertiary/aromatic N) is 3. The third-order valence-electron chi connectivity index (χ3n) is 4.67. The van der Waals surface area contributed by atoms with Gasteiger partial charge in [-0.15, -0.1) is 10.2 Å². The van der Waals surface area contributed by atoms with E-state index in [9.17, 15) is 0 Å². The highest BCUT2D eigenvalue weighted by Gasteiger charge is 2.17. The van der Waals surface area contributed by atoms with E-state index in [1.165, 1.54) is 16.7 Å². The first-order valence-electron chi connectivity index (χ1n) is 8.43. The molecular formula is C20H21N3O. The second kappa shape index (κ2) is 6.11. The molecule has 0 radical (unpaired) electrons. The lowest BCUT2D eigenvalue weighted by molar-refractivity contribution is 0.287. The van der Waals surface area contributed by atoms with E-state index in [0.717, 1.165) is 42.3 Å². The fourth-order valence-electron chi connectivity index (χ4n) is 3.34. The quantitative estimate of drug-likeness (QED) is 0.727. The van der Waals surface area contributed by atoms with Gasteiger partial charge in [-0.2, -0.15) is 0 Å². The summed E-state index contributed by atoms with van der Waals surface area (Å²) < 4.78 is 8.18.